The van der Waals surface area contributed by atoms with Crippen molar-refractivity contribution in [1.82, 2.24) is 10.4 Å². The molecule has 1 heterocycles. The van der Waals surface area contributed by atoms with Crippen molar-refractivity contribution in [3.8, 4) is 0 Å². The highest BCUT2D eigenvalue weighted by Gasteiger charge is 2.45. The molecule has 0 saturated carbocycles. The normalized spacial score (nSPS) is 15.3. The number of carbonyl (C=O) groups excluding carboxylic acids is 4. The lowest BCUT2D eigenvalue weighted by Crippen LogP contribution is -2.54. The molecule has 1 fully saturated rings. The Bertz CT molecular complexity index is 1350. The lowest BCUT2D eigenvalue weighted by molar-refractivity contribution is -0.122. The van der Waals surface area contributed by atoms with Crippen molar-refractivity contribution < 1.29 is 23.6 Å². The molecule has 3 aromatic rings. The van der Waals surface area contributed by atoms with Crippen LogP contribution >= 0.6 is 0 Å². The van der Waals surface area contributed by atoms with Crippen LogP contribution in [0.1, 0.15) is 43.8 Å². The number of imide groups is 1. The lowest BCUT2D eigenvalue weighted by Gasteiger charge is -2.28. The van der Waals surface area contributed by atoms with E-state index >= 15 is 0 Å². The van der Waals surface area contributed by atoms with Gasteiger partial charge in [-0.1, -0.05) is 35.9 Å². The molecule has 0 spiro atoms. The summed E-state index contributed by atoms with van der Waals surface area (Å²) in [5, 5.41) is 0.838. The van der Waals surface area contributed by atoms with Crippen molar-refractivity contribution in [2.45, 2.75) is 33.2 Å². The summed E-state index contributed by atoms with van der Waals surface area (Å²) in [5.74, 6) is -3.54. The van der Waals surface area contributed by atoms with E-state index in [2.05, 4.69) is 5.43 Å². The van der Waals surface area contributed by atoms with Crippen LogP contribution in [0.3, 0.4) is 0 Å². The van der Waals surface area contributed by atoms with Gasteiger partial charge in [0.2, 0.25) is 5.91 Å². The van der Waals surface area contributed by atoms with E-state index in [4.69, 9.17) is 0 Å². The minimum Gasteiger partial charge on any atom is -0.274 e. The first kappa shape index (κ1) is 23.8. The van der Waals surface area contributed by atoms with E-state index in [-0.39, 0.29) is 17.5 Å². The highest BCUT2D eigenvalue weighted by molar-refractivity contribution is 6.23. The first-order valence-corrected chi connectivity index (χ1v) is 11.1. The standard InChI is InChI=1S/C27H24FN3O4/c1-16-7-6-8-19(13-16)26(34)31(29-25(33)21-9-4-5-10-22(21)28)23-15-24(32)30(27(23)35)20-12-11-17(2)18(3)14-20/h4-14,23H,15H2,1-3H3,(H,29,33). The van der Waals surface area contributed by atoms with Gasteiger partial charge in [0.1, 0.15) is 11.9 Å². The van der Waals surface area contributed by atoms with Crippen molar-refractivity contribution >= 4 is 29.3 Å². The zero-order valence-electron chi connectivity index (χ0n) is 19.5. The molecule has 1 unspecified atom stereocenters. The van der Waals surface area contributed by atoms with Crippen LogP contribution in [-0.4, -0.2) is 34.7 Å². The topological polar surface area (TPSA) is 86.8 Å². The van der Waals surface area contributed by atoms with Crippen LogP contribution < -0.4 is 10.3 Å². The molecule has 1 aliphatic heterocycles. The first-order chi connectivity index (χ1) is 16.7. The highest BCUT2D eigenvalue weighted by Crippen LogP contribution is 2.28. The molecular weight excluding hydrogens is 449 g/mol. The molecule has 3 aromatic carbocycles. The van der Waals surface area contributed by atoms with E-state index in [9.17, 15) is 23.6 Å². The summed E-state index contributed by atoms with van der Waals surface area (Å²) in [7, 11) is 0. The number of carbonyl (C=O) groups is 4. The van der Waals surface area contributed by atoms with Gasteiger partial charge in [-0.15, -0.1) is 0 Å². The number of nitrogens with zero attached hydrogens (tertiary/aromatic N) is 2. The predicted octanol–water partition coefficient (Wildman–Crippen LogP) is 3.87. The number of anilines is 1. The van der Waals surface area contributed by atoms with Crippen molar-refractivity contribution in [1.29, 1.82) is 0 Å². The molecule has 0 bridgehead atoms. The number of halogens is 1. The Balaban J connectivity index is 1.71. The summed E-state index contributed by atoms with van der Waals surface area (Å²) in [6.07, 6.45) is -0.332. The molecule has 1 N–H and O–H groups in total. The molecule has 4 rings (SSSR count). The zero-order chi connectivity index (χ0) is 25.3. The molecule has 0 radical (unpaired) electrons. The van der Waals surface area contributed by atoms with E-state index in [1.54, 1.807) is 49.4 Å². The van der Waals surface area contributed by atoms with Crippen LogP contribution in [0.4, 0.5) is 10.1 Å². The molecule has 0 aliphatic carbocycles. The Morgan fingerprint density at radius 1 is 0.943 bits per heavy atom. The fourth-order valence-corrected chi connectivity index (χ4v) is 3.96. The molecule has 7 nitrogen and oxygen atoms in total. The van der Waals surface area contributed by atoms with Crippen LogP contribution in [-0.2, 0) is 9.59 Å². The van der Waals surface area contributed by atoms with Crippen LogP contribution in [0, 0.1) is 26.6 Å². The molecule has 1 atom stereocenters. The van der Waals surface area contributed by atoms with Crippen LogP contribution in [0.15, 0.2) is 66.7 Å². The SMILES string of the molecule is Cc1cccc(C(=O)N(NC(=O)c2ccccc2F)C2CC(=O)N(c3ccc(C)c(C)c3)C2=O)c1. The third-order valence-electron chi connectivity index (χ3n) is 6.01. The summed E-state index contributed by atoms with van der Waals surface area (Å²) < 4.78 is 14.2. The van der Waals surface area contributed by atoms with Crippen molar-refractivity contribution in [2.75, 3.05) is 4.90 Å². The molecular formula is C27H24FN3O4. The Morgan fingerprint density at radius 3 is 2.37 bits per heavy atom. The first-order valence-electron chi connectivity index (χ1n) is 11.1. The molecule has 1 saturated heterocycles. The van der Waals surface area contributed by atoms with Gasteiger partial charge < -0.3 is 0 Å². The molecule has 4 amide bonds. The van der Waals surface area contributed by atoms with Crippen molar-refractivity contribution in [3.63, 3.8) is 0 Å². The Morgan fingerprint density at radius 2 is 1.69 bits per heavy atom. The van der Waals surface area contributed by atoms with Gasteiger partial charge in [-0.25, -0.2) is 14.3 Å². The van der Waals surface area contributed by atoms with Gasteiger partial charge in [0.05, 0.1) is 17.7 Å². The maximum Gasteiger partial charge on any atom is 0.273 e. The molecule has 0 aromatic heterocycles. The van der Waals surface area contributed by atoms with E-state index in [0.717, 1.165) is 32.7 Å². The second-order valence-electron chi connectivity index (χ2n) is 8.52. The van der Waals surface area contributed by atoms with Gasteiger partial charge in [-0.05, 0) is 68.3 Å². The second-order valence-corrected chi connectivity index (χ2v) is 8.52. The molecule has 35 heavy (non-hydrogen) atoms. The average Bonchev–Trinajstić information content (AvgIpc) is 3.12. The van der Waals surface area contributed by atoms with E-state index in [0.29, 0.717) is 5.69 Å². The smallest absolute Gasteiger partial charge is 0.273 e. The summed E-state index contributed by atoms with van der Waals surface area (Å²) in [6.45, 7) is 5.57. The summed E-state index contributed by atoms with van der Waals surface area (Å²) in [4.78, 5) is 53.7. The largest absolute Gasteiger partial charge is 0.274 e. The van der Waals surface area contributed by atoms with E-state index < -0.39 is 35.5 Å². The number of hydrazine groups is 1. The fourth-order valence-electron chi connectivity index (χ4n) is 3.96. The monoisotopic (exact) mass is 473 g/mol. The van der Waals surface area contributed by atoms with Gasteiger partial charge in [0, 0.05) is 5.56 Å². The third kappa shape index (κ3) is 4.68. The lowest BCUT2D eigenvalue weighted by atomic mass is 10.1. The molecule has 1 aliphatic rings. The number of aryl methyl sites for hydroxylation is 3. The number of rotatable bonds is 4. The average molecular weight is 474 g/mol. The fraction of sp³-hybridized carbons (Fsp3) is 0.185. The number of hydrogen-bond acceptors (Lipinski definition) is 4. The van der Waals surface area contributed by atoms with Crippen molar-refractivity contribution in [2.24, 2.45) is 0 Å². The van der Waals surface area contributed by atoms with Gasteiger partial charge in [-0.2, -0.15) is 0 Å². The molecule has 178 valence electrons. The Kier molecular flexibility index (Phi) is 6.46. The van der Waals surface area contributed by atoms with E-state index in [1.165, 1.54) is 18.2 Å². The van der Waals surface area contributed by atoms with Gasteiger partial charge in [-0.3, -0.25) is 24.6 Å². The maximum absolute atomic E-state index is 14.2. The number of hydrogen-bond donors (Lipinski definition) is 1. The Labute approximate surface area is 202 Å². The van der Waals surface area contributed by atoms with Gasteiger partial charge in [0.15, 0.2) is 0 Å². The van der Waals surface area contributed by atoms with Gasteiger partial charge in [0.25, 0.3) is 17.7 Å². The summed E-state index contributed by atoms with van der Waals surface area (Å²) in [6, 6.07) is 15.8. The quantitative estimate of drug-likeness (QED) is 0.460. The minimum atomic E-state index is -1.30. The number of nitrogens with one attached hydrogen (secondary N) is 1. The molecule has 8 heteroatoms. The summed E-state index contributed by atoms with van der Waals surface area (Å²) >= 11 is 0. The highest BCUT2D eigenvalue weighted by atomic mass is 19.1. The zero-order valence-corrected chi connectivity index (χ0v) is 19.5. The Hall–Kier alpha value is -4.33. The van der Waals surface area contributed by atoms with Crippen molar-refractivity contribution in [3.05, 3.63) is 100 Å². The van der Waals surface area contributed by atoms with Crippen LogP contribution in [0.5, 0.6) is 0 Å². The van der Waals surface area contributed by atoms with E-state index in [1.807, 2.05) is 13.8 Å². The summed E-state index contributed by atoms with van der Waals surface area (Å²) in [5.41, 5.74) is 5.37. The second kappa shape index (κ2) is 9.50. The minimum absolute atomic E-state index is 0.212. The predicted molar refractivity (Wildman–Crippen MR) is 128 cm³/mol. The third-order valence-corrected chi connectivity index (χ3v) is 6.01. The maximum atomic E-state index is 14.2. The number of benzene rings is 3. The van der Waals surface area contributed by atoms with Gasteiger partial charge >= 0.3 is 0 Å². The number of amides is 4. The van der Waals surface area contributed by atoms with Crippen LogP contribution in [0.2, 0.25) is 0 Å². The van der Waals surface area contributed by atoms with Crippen LogP contribution in [0.25, 0.3) is 0 Å².